The van der Waals surface area contributed by atoms with Gasteiger partial charge in [0.15, 0.2) is 0 Å². The van der Waals surface area contributed by atoms with Gasteiger partial charge in [0.2, 0.25) is 5.89 Å². The van der Waals surface area contributed by atoms with E-state index in [0.29, 0.717) is 5.89 Å². The Morgan fingerprint density at radius 1 is 1.67 bits per heavy atom. The molecule has 0 aliphatic rings. The number of thioether (sulfide) groups is 1. The van der Waals surface area contributed by atoms with Crippen molar-refractivity contribution in [3.05, 3.63) is 5.89 Å². The number of carboxylic acids is 1. The van der Waals surface area contributed by atoms with Crippen molar-refractivity contribution in [1.29, 1.82) is 0 Å². The van der Waals surface area contributed by atoms with Gasteiger partial charge in [-0.1, -0.05) is 11.8 Å². The molecular formula is C6H7N2O3S-. The highest BCUT2D eigenvalue weighted by atomic mass is 32.2. The highest BCUT2D eigenvalue weighted by Crippen LogP contribution is 2.20. The second kappa shape index (κ2) is 3.57. The fourth-order valence-electron chi connectivity index (χ4n) is 0.525. The number of carbonyl (C=O) groups excluding carboxylic acids is 1. The molecule has 0 bridgehead atoms. The van der Waals surface area contributed by atoms with Crippen LogP contribution in [0.15, 0.2) is 9.64 Å². The number of carboxylic acid groups (broad SMARTS) is 1. The molecule has 12 heavy (non-hydrogen) atoms. The molecule has 0 aliphatic carbocycles. The highest BCUT2D eigenvalue weighted by Gasteiger charge is 2.09. The Kier molecular flexibility index (Phi) is 2.69. The third-order valence-electron chi connectivity index (χ3n) is 1.12. The number of hydrogen-bond acceptors (Lipinski definition) is 6. The van der Waals surface area contributed by atoms with Gasteiger partial charge in [0, 0.05) is 6.92 Å². The van der Waals surface area contributed by atoms with E-state index < -0.39 is 11.2 Å². The van der Waals surface area contributed by atoms with Crippen molar-refractivity contribution in [2.45, 2.75) is 24.3 Å². The number of aromatic nitrogens is 2. The second-order valence-corrected chi connectivity index (χ2v) is 3.46. The Labute approximate surface area is 73.2 Å². The summed E-state index contributed by atoms with van der Waals surface area (Å²) in [6.07, 6.45) is 0. The average molecular weight is 187 g/mol. The highest BCUT2D eigenvalue weighted by molar-refractivity contribution is 8.00. The van der Waals surface area contributed by atoms with Crippen molar-refractivity contribution < 1.29 is 14.3 Å². The lowest BCUT2D eigenvalue weighted by atomic mass is 10.5. The standard InChI is InChI=1S/C6H8N2O3S/c1-3(5(9)10)12-6-8-7-4(2)11-6/h3H,1-2H3,(H,9,10)/p-1/t3-/m0/s1. The zero-order valence-corrected chi connectivity index (χ0v) is 7.42. The first-order valence-electron chi connectivity index (χ1n) is 3.27. The van der Waals surface area contributed by atoms with E-state index in [9.17, 15) is 9.90 Å². The van der Waals surface area contributed by atoms with Crippen molar-refractivity contribution in [3.8, 4) is 0 Å². The van der Waals surface area contributed by atoms with Crippen molar-refractivity contribution in [1.82, 2.24) is 10.2 Å². The average Bonchev–Trinajstić information content (AvgIpc) is 2.35. The van der Waals surface area contributed by atoms with Gasteiger partial charge >= 0.3 is 0 Å². The summed E-state index contributed by atoms with van der Waals surface area (Å²) >= 11 is 0.970. The quantitative estimate of drug-likeness (QED) is 0.599. The normalized spacial score (nSPS) is 12.8. The van der Waals surface area contributed by atoms with E-state index >= 15 is 0 Å². The Morgan fingerprint density at radius 2 is 2.33 bits per heavy atom. The van der Waals surface area contributed by atoms with Crippen molar-refractivity contribution in [2.24, 2.45) is 0 Å². The minimum Gasteiger partial charge on any atom is -0.549 e. The first-order chi connectivity index (χ1) is 5.59. The van der Waals surface area contributed by atoms with Crippen molar-refractivity contribution >= 4 is 17.7 Å². The molecule has 0 radical (unpaired) electrons. The number of carbonyl (C=O) groups is 1. The number of aliphatic carboxylic acids is 1. The minimum absolute atomic E-state index is 0.254. The fraction of sp³-hybridized carbons (Fsp3) is 0.500. The molecule has 0 saturated heterocycles. The molecule has 1 rings (SSSR count). The summed E-state index contributed by atoms with van der Waals surface area (Å²) in [6.45, 7) is 3.14. The molecule has 0 amide bonds. The van der Waals surface area contributed by atoms with Crippen LogP contribution in [0.5, 0.6) is 0 Å². The Bertz CT molecular complexity index is 286. The van der Waals surface area contributed by atoms with Gasteiger partial charge in [-0.3, -0.25) is 0 Å². The summed E-state index contributed by atoms with van der Waals surface area (Å²) < 4.78 is 4.95. The van der Waals surface area contributed by atoms with Crippen LogP contribution >= 0.6 is 11.8 Å². The predicted octanol–water partition coefficient (Wildman–Crippen LogP) is -0.391. The number of rotatable bonds is 3. The van der Waals surface area contributed by atoms with E-state index in [4.69, 9.17) is 4.42 Å². The summed E-state index contributed by atoms with van der Waals surface area (Å²) in [5.74, 6) is -0.723. The smallest absolute Gasteiger partial charge is 0.277 e. The molecule has 0 fully saturated rings. The molecule has 0 N–H and O–H groups in total. The molecule has 5 nitrogen and oxygen atoms in total. The number of nitrogens with zero attached hydrogens (tertiary/aromatic N) is 2. The zero-order valence-electron chi connectivity index (χ0n) is 6.60. The lowest BCUT2D eigenvalue weighted by Gasteiger charge is -2.07. The van der Waals surface area contributed by atoms with Gasteiger partial charge in [0.05, 0.1) is 11.2 Å². The van der Waals surface area contributed by atoms with Crippen LogP contribution in [0.2, 0.25) is 0 Å². The van der Waals surface area contributed by atoms with Crippen LogP contribution in [0.1, 0.15) is 12.8 Å². The molecule has 0 aromatic carbocycles. The lowest BCUT2D eigenvalue weighted by Crippen LogP contribution is -2.31. The number of hydrogen-bond donors (Lipinski definition) is 0. The van der Waals surface area contributed by atoms with Crippen LogP contribution in [0.25, 0.3) is 0 Å². The van der Waals surface area contributed by atoms with Crippen molar-refractivity contribution in [2.75, 3.05) is 0 Å². The van der Waals surface area contributed by atoms with Gasteiger partial charge in [-0.25, -0.2) is 0 Å². The SMILES string of the molecule is Cc1nnc(S[C@@H](C)C(=O)[O-])o1. The summed E-state index contributed by atoms with van der Waals surface area (Å²) in [5, 5.41) is 17.0. The fourth-order valence-corrected chi connectivity index (χ4v) is 1.18. The summed E-state index contributed by atoms with van der Waals surface area (Å²) in [7, 11) is 0. The third-order valence-corrected chi connectivity index (χ3v) is 2.03. The Morgan fingerprint density at radius 3 is 2.75 bits per heavy atom. The maximum absolute atomic E-state index is 10.3. The molecular weight excluding hydrogens is 180 g/mol. The first-order valence-corrected chi connectivity index (χ1v) is 4.15. The second-order valence-electron chi connectivity index (χ2n) is 2.17. The zero-order chi connectivity index (χ0) is 9.14. The Hall–Kier alpha value is -1.04. The van der Waals surface area contributed by atoms with Crippen LogP contribution in [0.3, 0.4) is 0 Å². The molecule has 0 aliphatic heterocycles. The van der Waals surface area contributed by atoms with Crippen LogP contribution in [0.4, 0.5) is 0 Å². The Balaban J connectivity index is 2.58. The summed E-state index contributed by atoms with van der Waals surface area (Å²) in [6, 6.07) is 0. The van der Waals surface area contributed by atoms with Crippen LogP contribution in [0, 0.1) is 6.92 Å². The first kappa shape index (κ1) is 9.05. The molecule has 6 heteroatoms. The molecule has 66 valence electrons. The van der Waals surface area contributed by atoms with E-state index in [2.05, 4.69) is 10.2 Å². The molecule has 1 aromatic rings. The van der Waals surface area contributed by atoms with E-state index in [1.807, 2.05) is 0 Å². The summed E-state index contributed by atoms with van der Waals surface area (Å²) in [4.78, 5) is 10.3. The van der Waals surface area contributed by atoms with Gasteiger partial charge in [0.25, 0.3) is 5.22 Å². The topological polar surface area (TPSA) is 79.0 Å². The molecule has 0 unspecified atom stereocenters. The predicted molar refractivity (Wildman–Crippen MR) is 39.4 cm³/mol. The van der Waals surface area contributed by atoms with Gasteiger partial charge in [0.1, 0.15) is 0 Å². The molecule has 1 atom stereocenters. The summed E-state index contributed by atoms with van der Waals surface area (Å²) in [5.41, 5.74) is 0. The van der Waals surface area contributed by atoms with Crippen LogP contribution in [-0.2, 0) is 4.79 Å². The largest absolute Gasteiger partial charge is 0.549 e. The molecule has 1 heterocycles. The monoisotopic (exact) mass is 187 g/mol. The lowest BCUT2D eigenvalue weighted by molar-refractivity contribution is -0.304. The minimum atomic E-state index is -1.14. The third kappa shape index (κ3) is 2.23. The van der Waals surface area contributed by atoms with E-state index in [1.54, 1.807) is 6.92 Å². The van der Waals surface area contributed by atoms with E-state index in [-0.39, 0.29) is 5.22 Å². The van der Waals surface area contributed by atoms with Crippen LogP contribution in [-0.4, -0.2) is 21.4 Å². The molecule has 0 saturated carbocycles. The van der Waals surface area contributed by atoms with Crippen LogP contribution < -0.4 is 5.11 Å². The molecule has 0 spiro atoms. The van der Waals surface area contributed by atoms with Gasteiger partial charge in [-0.05, 0) is 6.92 Å². The van der Waals surface area contributed by atoms with E-state index in [0.717, 1.165) is 11.8 Å². The van der Waals surface area contributed by atoms with Gasteiger partial charge < -0.3 is 14.3 Å². The van der Waals surface area contributed by atoms with Gasteiger partial charge in [-0.2, -0.15) is 0 Å². The maximum atomic E-state index is 10.3. The van der Waals surface area contributed by atoms with Gasteiger partial charge in [-0.15, -0.1) is 10.2 Å². The number of aryl methyl sites for hydroxylation is 1. The maximum Gasteiger partial charge on any atom is 0.277 e. The molecule has 1 aromatic heterocycles. The van der Waals surface area contributed by atoms with E-state index in [1.165, 1.54) is 6.92 Å². The van der Waals surface area contributed by atoms with Crippen molar-refractivity contribution in [3.63, 3.8) is 0 Å².